The van der Waals surface area contributed by atoms with Crippen molar-refractivity contribution in [2.75, 3.05) is 0 Å². The maximum Gasteiger partial charge on any atom is 0.265 e. The predicted octanol–water partition coefficient (Wildman–Crippen LogP) is -0.142. The van der Waals surface area contributed by atoms with Crippen molar-refractivity contribution < 1.29 is 9.59 Å². The van der Waals surface area contributed by atoms with Gasteiger partial charge in [-0.15, -0.1) is 5.10 Å². The van der Waals surface area contributed by atoms with Crippen LogP contribution in [0.3, 0.4) is 0 Å². The highest BCUT2D eigenvalue weighted by Crippen LogP contribution is 2.47. The number of thioether (sulfide) groups is 1. The summed E-state index contributed by atoms with van der Waals surface area (Å²) in [4.78, 5) is 27.6. The van der Waals surface area contributed by atoms with Crippen LogP contribution >= 0.6 is 11.8 Å². The van der Waals surface area contributed by atoms with Gasteiger partial charge < -0.3 is 5.73 Å². The van der Waals surface area contributed by atoms with Gasteiger partial charge in [-0.05, 0) is 24.6 Å². The molecule has 2 amide bonds. The molecule has 15 heavy (non-hydrogen) atoms. The molecule has 0 radical (unpaired) electrons. The highest BCUT2D eigenvalue weighted by atomic mass is 32.2. The molecule has 1 spiro atoms. The van der Waals surface area contributed by atoms with E-state index in [2.05, 4.69) is 10.1 Å². The van der Waals surface area contributed by atoms with Gasteiger partial charge >= 0.3 is 0 Å². The van der Waals surface area contributed by atoms with Crippen molar-refractivity contribution in [1.29, 1.82) is 0 Å². The Hall–Kier alpha value is -1.37. The topological polar surface area (TPSA) is 88.1 Å². The lowest BCUT2D eigenvalue weighted by molar-refractivity contribution is -0.153. The summed E-state index contributed by atoms with van der Waals surface area (Å²) in [5, 5.41) is 5.58. The fourth-order valence-corrected chi connectivity index (χ4v) is 2.60. The van der Waals surface area contributed by atoms with Gasteiger partial charge in [0.1, 0.15) is 5.41 Å². The molecule has 1 saturated carbocycles. The Morgan fingerprint density at radius 2 is 2.13 bits per heavy atom. The first kappa shape index (κ1) is 8.90. The minimum atomic E-state index is -0.918. The van der Waals surface area contributed by atoms with Crippen molar-refractivity contribution in [3.05, 3.63) is 0 Å². The van der Waals surface area contributed by atoms with Gasteiger partial charge in [0.2, 0.25) is 5.17 Å². The largest absolute Gasteiger partial charge is 0.376 e. The third kappa shape index (κ3) is 0.956. The number of nitrogens with two attached hydrogens (primary N) is 1. The molecule has 7 heteroatoms. The normalized spacial score (nSPS) is 27.3. The maximum absolute atomic E-state index is 12.0. The maximum atomic E-state index is 12.0. The molecule has 1 fully saturated rings. The molecule has 3 rings (SSSR count). The number of amides is 2. The molecule has 0 aromatic rings. The standard InChI is InChI=1S/C8H8N4O2S/c9-6-11-12-5(14)8(2-1-3-8)4(13)10-7(12)15-6/h1-3H2,(H2,9,11). The number of nitrogens with zero attached hydrogens (tertiary/aromatic N) is 3. The van der Waals surface area contributed by atoms with E-state index in [9.17, 15) is 9.59 Å². The summed E-state index contributed by atoms with van der Waals surface area (Å²) in [7, 11) is 0. The van der Waals surface area contributed by atoms with Crippen LogP contribution in [0.2, 0.25) is 0 Å². The minimum Gasteiger partial charge on any atom is -0.376 e. The number of rotatable bonds is 0. The monoisotopic (exact) mass is 224 g/mol. The Morgan fingerprint density at radius 1 is 1.40 bits per heavy atom. The first-order chi connectivity index (χ1) is 7.13. The predicted molar refractivity (Wildman–Crippen MR) is 54.8 cm³/mol. The van der Waals surface area contributed by atoms with Gasteiger partial charge in [0.25, 0.3) is 11.8 Å². The molecule has 0 bridgehead atoms. The summed E-state index contributed by atoms with van der Waals surface area (Å²) in [5.74, 6) is -0.598. The average molecular weight is 224 g/mol. The Labute approximate surface area is 89.6 Å². The van der Waals surface area contributed by atoms with Crippen LogP contribution in [0.4, 0.5) is 0 Å². The third-order valence-corrected chi connectivity index (χ3v) is 3.73. The molecule has 1 aliphatic carbocycles. The summed E-state index contributed by atoms with van der Waals surface area (Å²) < 4.78 is 0. The van der Waals surface area contributed by atoms with Crippen LogP contribution < -0.4 is 5.73 Å². The molecule has 0 saturated heterocycles. The van der Waals surface area contributed by atoms with Crippen molar-refractivity contribution >= 4 is 33.9 Å². The first-order valence-electron chi connectivity index (χ1n) is 4.63. The van der Waals surface area contributed by atoms with Crippen LogP contribution in [0.1, 0.15) is 19.3 Å². The van der Waals surface area contributed by atoms with E-state index in [1.54, 1.807) is 0 Å². The zero-order chi connectivity index (χ0) is 10.6. The molecular formula is C8H8N4O2S. The van der Waals surface area contributed by atoms with E-state index in [1.165, 1.54) is 5.01 Å². The van der Waals surface area contributed by atoms with Crippen LogP contribution in [-0.4, -0.2) is 27.2 Å². The summed E-state index contributed by atoms with van der Waals surface area (Å²) in [6, 6.07) is 0. The first-order valence-corrected chi connectivity index (χ1v) is 5.45. The Balaban J connectivity index is 2.07. The number of carbonyl (C=O) groups excluding carboxylic acids is 2. The number of hydrogen-bond acceptors (Lipinski definition) is 5. The quantitative estimate of drug-likeness (QED) is 0.580. The second-order valence-corrected chi connectivity index (χ2v) is 4.78. The van der Waals surface area contributed by atoms with Crippen molar-refractivity contribution in [3.8, 4) is 0 Å². The van der Waals surface area contributed by atoms with Gasteiger partial charge in [-0.25, -0.2) is 0 Å². The molecule has 2 N–H and O–H groups in total. The van der Waals surface area contributed by atoms with Crippen molar-refractivity contribution in [2.45, 2.75) is 19.3 Å². The van der Waals surface area contributed by atoms with E-state index in [4.69, 9.17) is 5.73 Å². The van der Waals surface area contributed by atoms with E-state index >= 15 is 0 Å². The van der Waals surface area contributed by atoms with E-state index < -0.39 is 5.41 Å². The lowest BCUT2D eigenvalue weighted by Gasteiger charge is -2.40. The van der Waals surface area contributed by atoms with Crippen LogP contribution in [0.5, 0.6) is 0 Å². The van der Waals surface area contributed by atoms with E-state index in [0.29, 0.717) is 18.0 Å². The minimum absolute atomic E-state index is 0.256. The molecule has 78 valence electrons. The van der Waals surface area contributed by atoms with E-state index in [0.717, 1.165) is 18.2 Å². The highest BCUT2D eigenvalue weighted by Gasteiger charge is 2.57. The Morgan fingerprint density at radius 3 is 2.73 bits per heavy atom. The van der Waals surface area contributed by atoms with Crippen molar-refractivity contribution in [3.63, 3.8) is 0 Å². The zero-order valence-corrected chi connectivity index (χ0v) is 8.58. The number of fused-ring (bicyclic) bond motifs is 1. The van der Waals surface area contributed by atoms with Gasteiger partial charge in [0.05, 0.1) is 0 Å². The third-order valence-electron chi connectivity index (χ3n) is 2.99. The molecule has 0 aromatic carbocycles. The van der Waals surface area contributed by atoms with E-state index in [-0.39, 0.29) is 17.0 Å². The lowest BCUT2D eigenvalue weighted by Crippen LogP contribution is -2.54. The molecule has 2 heterocycles. The van der Waals surface area contributed by atoms with Crippen LogP contribution in [0, 0.1) is 5.41 Å². The zero-order valence-electron chi connectivity index (χ0n) is 7.77. The van der Waals surface area contributed by atoms with Gasteiger partial charge in [-0.3, -0.25) is 9.59 Å². The van der Waals surface area contributed by atoms with Crippen molar-refractivity contribution in [1.82, 2.24) is 5.01 Å². The highest BCUT2D eigenvalue weighted by molar-refractivity contribution is 8.26. The number of hydrogen-bond donors (Lipinski definition) is 1. The van der Waals surface area contributed by atoms with E-state index in [1.807, 2.05) is 0 Å². The number of aliphatic imine (C=N–C) groups is 1. The second-order valence-electron chi connectivity index (χ2n) is 3.79. The Kier molecular flexibility index (Phi) is 1.54. The smallest absolute Gasteiger partial charge is 0.265 e. The van der Waals surface area contributed by atoms with Crippen molar-refractivity contribution in [2.24, 2.45) is 21.2 Å². The molecule has 0 unspecified atom stereocenters. The number of hydrazone groups is 1. The van der Waals surface area contributed by atoms with Gasteiger partial charge in [0.15, 0.2) is 5.17 Å². The SMILES string of the molecule is NC1=NN2C(=O)C3(CCC3)C(=O)N=C2S1. The molecule has 0 atom stereocenters. The molecular weight excluding hydrogens is 216 g/mol. The average Bonchev–Trinajstić information content (AvgIpc) is 2.43. The number of carbonyl (C=O) groups is 2. The fourth-order valence-electron chi connectivity index (χ4n) is 1.95. The van der Waals surface area contributed by atoms with Gasteiger partial charge in [-0.1, -0.05) is 6.42 Å². The van der Waals surface area contributed by atoms with Crippen LogP contribution in [0.25, 0.3) is 0 Å². The van der Waals surface area contributed by atoms with Crippen LogP contribution in [-0.2, 0) is 9.59 Å². The summed E-state index contributed by atoms with van der Waals surface area (Å²) in [6.45, 7) is 0. The van der Waals surface area contributed by atoms with Gasteiger partial charge in [-0.2, -0.15) is 10.0 Å². The Bertz CT molecular complexity index is 438. The summed E-state index contributed by atoms with van der Waals surface area (Å²) >= 11 is 1.05. The summed E-state index contributed by atoms with van der Waals surface area (Å²) in [5.41, 5.74) is 4.56. The number of amidine groups is 2. The molecule has 0 aromatic heterocycles. The molecule has 3 aliphatic rings. The lowest BCUT2D eigenvalue weighted by atomic mass is 9.67. The van der Waals surface area contributed by atoms with Gasteiger partial charge in [0, 0.05) is 0 Å². The summed E-state index contributed by atoms with van der Waals surface area (Å²) in [6.07, 6.45) is 2.05. The molecule has 6 nitrogen and oxygen atoms in total. The van der Waals surface area contributed by atoms with Crippen LogP contribution in [0.15, 0.2) is 10.1 Å². The molecule has 2 aliphatic heterocycles. The second kappa shape index (κ2) is 2.60. The fraction of sp³-hybridized carbons (Fsp3) is 0.500.